The molecule has 6 heteroatoms. The monoisotopic (exact) mass is 370 g/mol. The summed E-state index contributed by atoms with van der Waals surface area (Å²) in [6.07, 6.45) is 0. The largest absolute Gasteiger partial charge is 0.458 e. The molecule has 4 rings (SSSR count). The molecule has 0 N–H and O–H groups in total. The molecule has 1 aliphatic heterocycles. The fourth-order valence-corrected chi connectivity index (χ4v) is 6.65. The second kappa shape index (κ2) is 7.28. The molecule has 1 aliphatic rings. The first-order valence-electron chi connectivity index (χ1n) is 8.83. The lowest BCUT2D eigenvalue weighted by Gasteiger charge is -2.36. The van der Waals surface area contributed by atoms with E-state index in [-0.39, 0.29) is 0 Å². The number of nitrogens with zero attached hydrogens (tertiary/aromatic N) is 2. The number of aryl methyl sites for hydroxylation is 2. The number of furan rings is 2. The van der Waals surface area contributed by atoms with E-state index in [0.717, 1.165) is 41.3 Å². The average molecular weight is 370 g/mol. The fraction of sp³-hybridized carbons (Fsp3) is 0.300. The molecule has 0 bridgehead atoms. The van der Waals surface area contributed by atoms with Crippen molar-refractivity contribution in [3.63, 3.8) is 0 Å². The Kier molecular flexibility index (Phi) is 4.86. The molecule has 3 heterocycles. The van der Waals surface area contributed by atoms with Gasteiger partial charge in [-0.1, -0.05) is 18.2 Å². The maximum atomic E-state index is 6.15. The molecule has 1 saturated heterocycles. The van der Waals surface area contributed by atoms with Gasteiger partial charge in [-0.2, -0.15) is 0 Å². The van der Waals surface area contributed by atoms with Gasteiger partial charge < -0.3 is 13.6 Å². The third-order valence-corrected chi connectivity index (χ3v) is 7.93. The van der Waals surface area contributed by atoms with E-state index >= 15 is 0 Å². The molecule has 0 unspecified atom stereocenters. The van der Waals surface area contributed by atoms with Crippen LogP contribution >= 0.6 is 7.21 Å². The van der Waals surface area contributed by atoms with Crippen LogP contribution in [0.1, 0.15) is 11.5 Å². The molecule has 0 atom stereocenters. The predicted molar refractivity (Wildman–Crippen MR) is 104 cm³/mol. The van der Waals surface area contributed by atoms with Gasteiger partial charge in [0.15, 0.2) is 18.2 Å². The first-order chi connectivity index (χ1) is 12.7. The highest BCUT2D eigenvalue weighted by Gasteiger charge is 2.39. The number of hydrogen-bond donors (Lipinski definition) is 0. The summed E-state index contributed by atoms with van der Waals surface area (Å²) in [4.78, 5) is 0. The number of ether oxygens (including phenoxy) is 1. The van der Waals surface area contributed by atoms with Crippen molar-refractivity contribution in [2.24, 2.45) is 4.74 Å². The van der Waals surface area contributed by atoms with Gasteiger partial charge in [0.25, 0.3) is 0 Å². The smallest absolute Gasteiger partial charge is 0.164 e. The summed E-state index contributed by atoms with van der Waals surface area (Å²) in [6, 6.07) is 18.2. The van der Waals surface area contributed by atoms with Crippen LogP contribution in [0.2, 0.25) is 0 Å². The minimum absolute atomic E-state index is 0.686. The molecule has 0 spiro atoms. The Labute approximate surface area is 153 Å². The summed E-state index contributed by atoms with van der Waals surface area (Å²) in [5.41, 5.74) is 2.67. The first-order valence-corrected chi connectivity index (χ1v) is 10.5. The summed E-state index contributed by atoms with van der Waals surface area (Å²) < 4.78 is 25.6. The lowest BCUT2D eigenvalue weighted by Crippen LogP contribution is -2.39. The van der Waals surface area contributed by atoms with Crippen molar-refractivity contribution in [3.8, 4) is 0 Å². The molecule has 0 radical (unpaired) electrons. The molecule has 5 nitrogen and oxygen atoms in total. The van der Waals surface area contributed by atoms with Gasteiger partial charge in [0.1, 0.15) is 11.5 Å². The van der Waals surface area contributed by atoms with Crippen LogP contribution in [-0.2, 0) is 4.74 Å². The Balaban J connectivity index is 2.00. The molecule has 3 aromatic rings. The van der Waals surface area contributed by atoms with E-state index in [1.165, 1.54) is 0 Å². The Morgan fingerprint density at radius 2 is 1.38 bits per heavy atom. The van der Waals surface area contributed by atoms with Gasteiger partial charge in [-0.3, -0.25) is 4.67 Å². The maximum Gasteiger partial charge on any atom is 0.164 e. The van der Waals surface area contributed by atoms with Crippen molar-refractivity contribution in [1.29, 1.82) is 0 Å². The third kappa shape index (κ3) is 3.18. The van der Waals surface area contributed by atoms with Crippen molar-refractivity contribution in [1.82, 2.24) is 4.67 Å². The third-order valence-electron chi connectivity index (χ3n) is 4.48. The highest BCUT2D eigenvalue weighted by atomic mass is 31.2. The lowest BCUT2D eigenvalue weighted by molar-refractivity contribution is 0.0747. The van der Waals surface area contributed by atoms with Crippen LogP contribution in [0.4, 0.5) is 5.69 Å². The van der Waals surface area contributed by atoms with Gasteiger partial charge in [-0.05, 0) is 50.2 Å². The summed E-state index contributed by atoms with van der Waals surface area (Å²) >= 11 is 0. The van der Waals surface area contributed by atoms with Crippen molar-refractivity contribution < 1.29 is 13.6 Å². The van der Waals surface area contributed by atoms with Gasteiger partial charge in [-0.25, -0.2) is 4.74 Å². The maximum absolute atomic E-state index is 6.15. The first kappa shape index (κ1) is 17.3. The van der Waals surface area contributed by atoms with Crippen LogP contribution in [0, 0.1) is 13.8 Å². The van der Waals surface area contributed by atoms with Gasteiger partial charge >= 0.3 is 0 Å². The van der Waals surface area contributed by atoms with Crippen LogP contribution in [0.5, 0.6) is 0 Å². The average Bonchev–Trinajstić information content (AvgIpc) is 3.30. The van der Waals surface area contributed by atoms with Crippen molar-refractivity contribution in [2.75, 3.05) is 26.3 Å². The zero-order valence-corrected chi connectivity index (χ0v) is 16.0. The topological polar surface area (TPSA) is 51.1 Å². The van der Waals surface area contributed by atoms with Crippen LogP contribution in [0.3, 0.4) is 0 Å². The van der Waals surface area contributed by atoms with Crippen LogP contribution in [0.15, 0.2) is 68.2 Å². The van der Waals surface area contributed by atoms with Crippen molar-refractivity contribution in [2.45, 2.75) is 13.8 Å². The quantitative estimate of drug-likeness (QED) is 0.645. The van der Waals surface area contributed by atoms with E-state index in [9.17, 15) is 0 Å². The Bertz CT molecular complexity index is 879. The van der Waals surface area contributed by atoms with E-state index in [2.05, 4.69) is 4.67 Å². The van der Waals surface area contributed by atoms with E-state index in [4.69, 9.17) is 18.3 Å². The molecule has 1 fully saturated rings. The molecule has 1 aromatic carbocycles. The summed E-state index contributed by atoms with van der Waals surface area (Å²) in [5, 5.41) is 0. The molecule has 0 saturated carbocycles. The number of hydrogen-bond acceptors (Lipinski definition) is 4. The van der Waals surface area contributed by atoms with E-state index in [1.54, 1.807) is 0 Å². The molecular formula is C20H23N2O3P. The van der Waals surface area contributed by atoms with Gasteiger partial charge in [0.2, 0.25) is 0 Å². The van der Waals surface area contributed by atoms with E-state index < -0.39 is 7.21 Å². The predicted octanol–water partition coefficient (Wildman–Crippen LogP) is 4.22. The Morgan fingerprint density at radius 1 is 0.808 bits per heavy atom. The van der Waals surface area contributed by atoms with Crippen molar-refractivity contribution >= 4 is 23.9 Å². The fourth-order valence-electron chi connectivity index (χ4n) is 3.23. The summed E-state index contributed by atoms with van der Waals surface area (Å²) in [7, 11) is -2.41. The van der Waals surface area contributed by atoms with Crippen LogP contribution < -0.4 is 11.0 Å². The van der Waals surface area contributed by atoms with Crippen molar-refractivity contribution in [3.05, 3.63) is 66.1 Å². The van der Waals surface area contributed by atoms with Gasteiger partial charge in [0, 0.05) is 13.1 Å². The molecule has 136 valence electrons. The molecular weight excluding hydrogens is 347 g/mol. The number of benzene rings is 1. The number of rotatable bonds is 4. The Hall–Kier alpha value is -2.07. The summed E-state index contributed by atoms with van der Waals surface area (Å²) in [6.45, 7) is 6.89. The Morgan fingerprint density at radius 3 is 1.88 bits per heavy atom. The minimum atomic E-state index is -2.41. The normalized spacial score (nSPS) is 15.9. The van der Waals surface area contributed by atoms with E-state index in [0.29, 0.717) is 13.2 Å². The molecule has 2 aromatic heterocycles. The zero-order chi connectivity index (χ0) is 18.0. The van der Waals surface area contributed by atoms with Gasteiger partial charge in [-0.15, -0.1) is 0 Å². The molecule has 0 aliphatic carbocycles. The lowest BCUT2D eigenvalue weighted by atomic mass is 10.3. The second-order valence-corrected chi connectivity index (χ2v) is 9.22. The summed E-state index contributed by atoms with van der Waals surface area (Å²) in [5.74, 6) is 1.76. The zero-order valence-electron chi connectivity index (χ0n) is 15.1. The molecule has 26 heavy (non-hydrogen) atoms. The number of morpholine rings is 1. The molecule has 0 amide bonds. The van der Waals surface area contributed by atoms with Crippen LogP contribution in [-0.4, -0.2) is 31.0 Å². The second-order valence-electron chi connectivity index (χ2n) is 6.37. The van der Waals surface area contributed by atoms with Gasteiger partial charge in [0.05, 0.1) is 18.9 Å². The highest BCUT2D eigenvalue weighted by Crippen LogP contribution is 2.54. The highest BCUT2D eigenvalue weighted by molar-refractivity contribution is 7.78. The standard InChI is InChI=1S/C20H23N2O3P/c1-16-8-10-19(24-16)26(20-11-9-17(2)25-20,22-12-14-23-15-13-22)21-18-6-4-3-5-7-18/h3-11H,12-15H2,1-2H3. The van der Waals surface area contributed by atoms with Crippen LogP contribution in [0.25, 0.3) is 0 Å². The van der Waals surface area contributed by atoms with E-state index in [1.807, 2.05) is 68.4 Å². The SMILES string of the molecule is Cc1ccc(P(=Nc2ccccc2)(c2ccc(C)o2)N2CCOCC2)o1. The minimum Gasteiger partial charge on any atom is -0.458 e.